The van der Waals surface area contributed by atoms with E-state index in [1.807, 2.05) is 13.8 Å². The van der Waals surface area contributed by atoms with Crippen molar-refractivity contribution in [3.8, 4) is 28.9 Å². The lowest BCUT2D eigenvalue weighted by molar-refractivity contribution is 0.250. The Hall–Kier alpha value is -3.43. The van der Waals surface area contributed by atoms with E-state index in [2.05, 4.69) is 36.0 Å². The Labute approximate surface area is 136 Å². The highest BCUT2D eigenvalue weighted by Crippen LogP contribution is 2.31. The molecule has 0 fully saturated rings. The predicted molar refractivity (Wildman–Crippen MR) is 84.1 cm³/mol. The van der Waals surface area contributed by atoms with Crippen LogP contribution in [-0.4, -0.2) is 42.5 Å². The van der Waals surface area contributed by atoms with Crippen LogP contribution in [0.5, 0.6) is 5.75 Å². The third-order valence-electron chi connectivity index (χ3n) is 2.96. The summed E-state index contributed by atoms with van der Waals surface area (Å²) in [6, 6.07) is 4.18. The molecule has 124 valence electrons. The van der Waals surface area contributed by atoms with Gasteiger partial charge in [-0.15, -0.1) is 0 Å². The van der Waals surface area contributed by atoms with Gasteiger partial charge < -0.3 is 20.3 Å². The summed E-state index contributed by atoms with van der Waals surface area (Å²) in [5.41, 5.74) is 0.760. The zero-order chi connectivity index (χ0) is 17.1. The summed E-state index contributed by atoms with van der Waals surface area (Å²) in [5, 5.41) is 25.5. The minimum atomic E-state index is -0.352. The largest absolute Gasteiger partial charge is 0.507 e. The number of aromatic nitrogens is 5. The highest BCUT2D eigenvalue weighted by Gasteiger charge is 2.16. The molecule has 0 atom stereocenters. The van der Waals surface area contributed by atoms with Crippen LogP contribution in [0.3, 0.4) is 0 Å². The van der Waals surface area contributed by atoms with E-state index in [9.17, 15) is 9.90 Å². The molecule has 2 aromatic heterocycles. The van der Waals surface area contributed by atoms with Crippen LogP contribution in [0.15, 0.2) is 29.0 Å². The third-order valence-corrected chi connectivity index (χ3v) is 2.96. The molecule has 0 saturated heterocycles. The molecule has 10 heteroatoms. The Kier molecular flexibility index (Phi) is 4.10. The van der Waals surface area contributed by atoms with Crippen molar-refractivity contribution >= 4 is 11.7 Å². The number of urea groups is 1. The second kappa shape index (κ2) is 6.36. The topological polar surface area (TPSA) is 142 Å². The molecule has 24 heavy (non-hydrogen) atoms. The van der Waals surface area contributed by atoms with Gasteiger partial charge in [-0.1, -0.05) is 5.16 Å². The van der Waals surface area contributed by atoms with Crippen molar-refractivity contribution in [2.45, 2.75) is 19.9 Å². The Bertz CT molecular complexity index is 842. The van der Waals surface area contributed by atoms with Gasteiger partial charge in [-0.25, -0.2) is 9.78 Å². The number of aromatic hydroxyl groups is 1. The lowest BCUT2D eigenvalue weighted by Gasteiger charge is -2.11. The van der Waals surface area contributed by atoms with Crippen molar-refractivity contribution in [2.75, 3.05) is 5.32 Å². The summed E-state index contributed by atoms with van der Waals surface area (Å²) < 4.78 is 5.14. The van der Waals surface area contributed by atoms with E-state index < -0.39 is 0 Å². The summed E-state index contributed by atoms with van der Waals surface area (Å²) in [4.78, 5) is 19.8. The van der Waals surface area contributed by atoms with Crippen LogP contribution in [0.2, 0.25) is 0 Å². The standard InChI is InChI=1S/C14H15N7O3/c1-7(2)17-14(23)18-8-3-4-10(22)9(5-8)13-19-12(21-24-13)11-15-6-16-20-11/h3-7,22H,1-2H3,(H,15,16,20)(H2,17,18,23). The SMILES string of the molecule is CC(C)NC(=O)Nc1ccc(O)c(-c2nc(-c3ncn[nH]3)no2)c1. The van der Waals surface area contributed by atoms with E-state index in [0.717, 1.165) is 0 Å². The predicted octanol–water partition coefficient (Wildman–Crippen LogP) is 1.76. The van der Waals surface area contributed by atoms with Gasteiger partial charge in [0.05, 0.1) is 5.56 Å². The van der Waals surface area contributed by atoms with Crippen molar-refractivity contribution in [3.63, 3.8) is 0 Å². The van der Waals surface area contributed by atoms with Gasteiger partial charge in [0.15, 0.2) is 5.82 Å². The minimum Gasteiger partial charge on any atom is -0.507 e. The maximum Gasteiger partial charge on any atom is 0.319 e. The maximum atomic E-state index is 11.8. The highest BCUT2D eigenvalue weighted by molar-refractivity contribution is 5.90. The van der Waals surface area contributed by atoms with Gasteiger partial charge in [0.1, 0.15) is 12.1 Å². The second-order valence-electron chi connectivity index (χ2n) is 5.24. The molecule has 4 N–H and O–H groups in total. The number of hydrogen-bond acceptors (Lipinski definition) is 7. The molecule has 0 saturated carbocycles. The molecule has 0 aliphatic carbocycles. The number of rotatable bonds is 4. The molecule has 0 bridgehead atoms. The molecular formula is C14H15N7O3. The maximum absolute atomic E-state index is 11.8. The number of carbonyl (C=O) groups excluding carboxylic acids is 1. The molecule has 0 radical (unpaired) electrons. The fourth-order valence-electron chi connectivity index (χ4n) is 1.96. The molecule has 3 aromatic rings. The van der Waals surface area contributed by atoms with E-state index in [1.165, 1.54) is 18.5 Å². The first-order valence-corrected chi connectivity index (χ1v) is 7.13. The van der Waals surface area contributed by atoms with Gasteiger partial charge in [0.25, 0.3) is 5.89 Å². The molecule has 3 rings (SSSR count). The number of amides is 2. The molecule has 2 amide bonds. The molecular weight excluding hydrogens is 314 g/mol. The zero-order valence-corrected chi connectivity index (χ0v) is 12.9. The Morgan fingerprint density at radius 3 is 2.92 bits per heavy atom. The van der Waals surface area contributed by atoms with Gasteiger partial charge in [0.2, 0.25) is 5.82 Å². The Morgan fingerprint density at radius 2 is 2.21 bits per heavy atom. The fourth-order valence-corrected chi connectivity index (χ4v) is 1.96. The third kappa shape index (κ3) is 3.32. The van der Waals surface area contributed by atoms with Crippen LogP contribution in [-0.2, 0) is 0 Å². The number of benzene rings is 1. The minimum absolute atomic E-state index is 0.00184. The Morgan fingerprint density at radius 1 is 1.38 bits per heavy atom. The van der Waals surface area contributed by atoms with E-state index >= 15 is 0 Å². The van der Waals surface area contributed by atoms with E-state index in [0.29, 0.717) is 11.5 Å². The number of nitrogens with one attached hydrogen (secondary N) is 3. The monoisotopic (exact) mass is 329 g/mol. The van der Waals surface area contributed by atoms with Crippen molar-refractivity contribution in [1.29, 1.82) is 0 Å². The van der Waals surface area contributed by atoms with Crippen molar-refractivity contribution in [2.24, 2.45) is 0 Å². The van der Waals surface area contributed by atoms with Crippen molar-refractivity contribution in [3.05, 3.63) is 24.5 Å². The zero-order valence-electron chi connectivity index (χ0n) is 12.9. The number of H-pyrrole nitrogens is 1. The first-order valence-electron chi connectivity index (χ1n) is 7.13. The average Bonchev–Trinajstić information content (AvgIpc) is 3.18. The molecule has 10 nitrogen and oxygen atoms in total. The lowest BCUT2D eigenvalue weighted by Crippen LogP contribution is -2.34. The lowest BCUT2D eigenvalue weighted by atomic mass is 10.1. The van der Waals surface area contributed by atoms with Crippen LogP contribution >= 0.6 is 0 Å². The van der Waals surface area contributed by atoms with E-state index in [-0.39, 0.29) is 35.1 Å². The Balaban J connectivity index is 1.85. The summed E-state index contributed by atoms with van der Waals surface area (Å²) in [5.74, 6) is 0.581. The van der Waals surface area contributed by atoms with Gasteiger partial charge in [0, 0.05) is 11.7 Å². The molecule has 1 aromatic carbocycles. The van der Waals surface area contributed by atoms with E-state index in [1.54, 1.807) is 6.07 Å². The van der Waals surface area contributed by atoms with Crippen LogP contribution in [0.4, 0.5) is 10.5 Å². The van der Waals surface area contributed by atoms with Crippen LogP contribution < -0.4 is 10.6 Å². The number of anilines is 1. The molecule has 0 aliphatic rings. The average molecular weight is 329 g/mol. The molecule has 0 unspecified atom stereocenters. The molecule has 2 heterocycles. The van der Waals surface area contributed by atoms with Crippen molar-refractivity contribution in [1.82, 2.24) is 30.6 Å². The summed E-state index contributed by atoms with van der Waals surface area (Å²) in [6.45, 7) is 3.70. The smallest absolute Gasteiger partial charge is 0.319 e. The van der Waals surface area contributed by atoms with Crippen LogP contribution in [0.1, 0.15) is 13.8 Å². The van der Waals surface area contributed by atoms with Crippen LogP contribution in [0, 0.1) is 0 Å². The van der Waals surface area contributed by atoms with Crippen LogP contribution in [0.25, 0.3) is 23.1 Å². The number of phenolic OH excluding ortho intramolecular Hbond substituents is 1. The highest BCUT2D eigenvalue weighted by atomic mass is 16.5. The van der Waals surface area contributed by atoms with Gasteiger partial charge in [-0.3, -0.25) is 5.10 Å². The fraction of sp³-hybridized carbons (Fsp3) is 0.214. The van der Waals surface area contributed by atoms with Gasteiger partial charge in [-0.05, 0) is 32.0 Å². The number of aromatic amines is 1. The first-order chi connectivity index (χ1) is 11.5. The quantitative estimate of drug-likeness (QED) is 0.534. The summed E-state index contributed by atoms with van der Waals surface area (Å²) in [6.07, 6.45) is 1.32. The summed E-state index contributed by atoms with van der Waals surface area (Å²) in [7, 11) is 0. The normalized spacial score (nSPS) is 10.8. The van der Waals surface area contributed by atoms with Gasteiger partial charge >= 0.3 is 6.03 Å². The number of phenols is 1. The summed E-state index contributed by atoms with van der Waals surface area (Å²) >= 11 is 0. The van der Waals surface area contributed by atoms with Gasteiger partial charge in [-0.2, -0.15) is 10.1 Å². The van der Waals surface area contributed by atoms with E-state index in [4.69, 9.17) is 4.52 Å². The second-order valence-corrected chi connectivity index (χ2v) is 5.24. The number of hydrogen-bond donors (Lipinski definition) is 4. The number of nitrogens with zero attached hydrogens (tertiary/aromatic N) is 4. The first kappa shape index (κ1) is 15.5. The van der Waals surface area contributed by atoms with Crippen molar-refractivity contribution < 1.29 is 14.4 Å². The number of carbonyl (C=O) groups is 1. The molecule has 0 aliphatic heterocycles. The molecule has 0 spiro atoms.